The van der Waals surface area contributed by atoms with E-state index in [9.17, 15) is 9.59 Å². The van der Waals surface area contributed by atoms with E-state index >= 15 is 0 Å². The second kappa shape index (κ2) is 16.2. The molecule has 3 rings (SSSR count). The number of carbonyl (C=O) groups is 2. The van der Waals surface area contributed by atoms with Gasteiger partial charge in [-0.05, 0) is 71.0 Å². The standard InChI is InChI=1S/C16H23BrN2O4.C12H9Cl2N/c1-4-19(5-2)10-12-8-13(15(18)14(17)9-12)16(21)23-7-6-22-11(3)20;13-10-7-4-8-11(14)12(10)15-9-5-2-1-3-6-9/h8-9H,4-7,10,18H2,1-3H3;1-8,15H. The van der Waals surface area contributed by atoms with Crippen LogP contribution in [0.25, 0.3) is 0 Å². The number of nitrogens with two attached hydrogens (primary N) is 1. The van der Waals surface area contributed by atoms with Crippen LogP contribution in [-0.4, -0.2) is 43.1 Å². The van der Waals surface area contributed by atoms with Crippen molar-refractivity contribution in [3.63, 3.8) is 0 Å². The highest BCUT2D eigenvalue weighted by molar-refractivity contribution is 9.10. The Hall–Kier alpha value is -2.78. The largest absolute Gasteiger partial charge is 0.462 e. The van der Waals surface area contributed by atoms with Crippen LogP contribution in [0.3, 0.4) is 0 Å². The quantitative estimate of drug-likeness (QED) is 0.139. The van der Waals surface area contributed by atoms with Gasteiger partial charge in [-0.25, -0.2) is 4.79 Å². The Balaban J connectivity index is 0.000000290. The fourth-order valence-electron chi connectivity index (χ4n) is 3.32. The Morgan fingerprint density at radius 2 is 1.55 bits per heavy atom. The van der Waals surface area contributed by atoms with Crippen molar-refractivity contribution in [2.24, 2.45) is 0 Å². The lowest BCUT2D eigenvalue weighted by atomic mass is 10.1. The monoisotopic (exact) mass is 623 g/mol. The predicted molar refractivity (Wildman–Crippen MR) is 158 cm³/mol. The van der Waals surface area contributed by atoms with Crippen LogP contribution < -0.4 is 11.1 Å². The molecule has 3 aromatic carbocycles. The summed E-state index contributed by atoms with van der Waals surface area (Å²) in [5.74, 6) is -0.943. The van der Waals surface area contributed by atoms with E-state index in [1.165, 1.54) is 6.92 Å². The molecule has 0 bridgehead atoms. The predicted octanol–water partition coefficient (Wildman–Crippen LogP) is 7.33. The maximum Gasteiger partial charge on any atom is 0.340 e. The fraction of sp³-hybridized carbons (Fsp3) is 0.286. The molecule has 0 fully saturated rings. The molecule has 0 radical (unpaired) electrons. The molecule has 0 unspecified atom stereocenters. The number of halogens is 3. The first-order valence-electron chi connectivity index (χ1n) is 12.0. The molecule has 0 saturated carbocycles. The fourth-order valence-corrected chi connectivity index (χ4v) is 4.32. The van der Waals surface area contributed by atoms with Gasteiger partial charge in [0, 0.05) is 23.6 Å². The van der Waals surface area contributed by atoms with Gasteiger partial charge in [-0.1, -0.05) is 61.3 Å². The number of anilines is 3. The smallest absolute Gasteiger partial charge is 0.340 e. The lowest BCUT2D eigenvalue weighted by Crippen LogP contribution is -2.22. The molecule has 3 N–H and O–H groups in total. The SMILES string of the molecule is CCN(CC)Cc1cc(Br)c(N)c(C(=O)OCCOC(C)=O)c1.Clc1cccc(Cl)c1Nc1ccccc1. The normalized spacial score (nSPS) is 10.4. The Labute approximate surface area is 242 Å². The van der Waals surface area contributed by atoms with Gasteiger partial charge in [0.2, 0.25) is 0 Å². The summed E-state index contributed by atoms with van der Waals surface area (Å²) in [6.45, 7) is 8.05. The number of para-hydroxylation sites is 2. The van der Waals surface area contributed by atoms with Crippen LogP contribution in [0, 0.1) is 0 Å². The average Bonchev–Trinajstić information content (AvgIpc) is 2.90. The number of esters is 2. The molecule has 10 heteroatoms. The third-order valence-corrected chi connectivity index (χ3v) is 6.62. The third-order valence-electron chi connectivity index (χ3n) is 5.34. The van der Waals surface area contributed by atoms with E-state index in [-0.39, 0.29) is 13.2 Å². The summed E-state index contributed by atoms with van der Waals surface area (Å²) in [6.07, 6.45) is 0. The maximum absolute atomic E-state index is 12.2. The first-order chi connectivity index (χ1) is 18.2. The van der Waals surface area contributed by atoms with Gasteiger partial charge in [-0.15, -0.1) is 0 Å². The van der Waals surface area contributed by atoms with Crippen molar-refractivity contribution >= 4 is 68.1 Å². The zero-order valence-electron chi connectivity index (χ0n) is 21.6. The van der Waals surface area contributed by atoms with E-state index in [4.69, 9.17) is 38.4 Å². The summed E-state index contributed by atoms with van der Waals surface area (Å²) in [5.41, 5.74) is 9.28. The van der Waals surface area contributed by atoms with Crippen LogP contribution in [0.15, 0.2) is 65.1 Å². The first kappa shape index (κ1) is 31.4. The lowest BCUT2D eigenvalue weighted by molar-refractivity contribution is -0.142. The minimum atomic E-state index is -0.531. The average molecular weight is 625 g/mol. The Morgan fingerprint density at radius 3 is 2.13 bits per heavy atom. The lowest BCUT2D eigenvalue weighted by Gasteiger charge is -2.19. The molecular weight excluding hydrogens is 593 g/mol. The number of nitrogens with one attached hydrogen (secondary N) is 1. The van der Waals surface area contributed by atoms with Crippen molar-refractivity contribution in [3.8, 4) is 0 Å². The summed E-state index contributed by atoms with van der Waals surface area (Å²) in [6, 6.07) is 18.9. The molecule has 0 aromatic heterocycles. The molecule has 0 atom stereocenters. The number of nitrogens with zero attached hydrogens (tertiary/aromatic N) is 1. The number of hydrogen-bond acceptors (Lipinski definition) is 7. The Bertz CT molecular complexity index is 1190. The second-order valence-electron chi connectivity index (χ2n) is 8.06. The topological polar surface area (TPSA) is 93.9 Å². The third kappa shape index (κ3) is 10.2. The molecule has 0 aliphatic rings. The summed E-state index contributed by atoms with van der Waals surface area (Å²) in [4.78, 5) is 25.1. The highest BCUT2D eigenvalue weighted by Crippen LogP contribution is 2.32. The van der Waals surface area contributed by atoms with Crippen LogP contribution in [0.4, 0.5) is 17.1 Å². The van der Waals surface area contributed by atoms with Crippen molar-refractivity contribution in [2.75, 3.05) is 37.4 Å². The number of rotatable bonds is 10. The molecule has 38 heavy (non-hydrogen) atoms. The number of carbonyl (C=O) groups excluding carboxylic acids is 2. The number of benzene rings is 3. The molecule has 0 spiro atoms. The van der Waals surface area contributed by atoms with E-state index in [0.29, 0.717) is 25.8 Å². The molecule has 3 aromatic rings. The van der Waals surface area contributed by atoms with Gasteiger partial charge in [-0.3, -0.25) is 9.69 Å². The van der Waals surface area contributed by atoms with Gasteiger partial charge in [0.25, 0.3) is 0 Å². The van der Waals surface area contributed by atoms with Gasteiger partial charge in [0.15, 0.2) is 0 Å². The zero-order chi connectivity index (χ0) is 28.1. The van der Waals surface area contributed by atoms with E-state index < -0.39 is 11.9 Å². The highest BCUT2D eigenvalue weighted by Gasteiger charge is 2.16. The minimum absolute atomic E-state index is 0.00422. The van der Waals surface area contributed by atoms with E-state index in [2.05, 4.69) is 40.0 Å². The summed E-state index contributed by atoms with van der Waals surface area (Å²) < 4.78 is 10.5. The number of nitrogen functional groups attached to an aromatic ring is 1. The molecule has 0 amide bonds. The van der Waals surface area contributed by atoms with Crippen molar-refractivity contribution < 1.29 is 19.1 Å². The zero-order valence-corrected chi connectivity index (χ0v) is 24.7. The Kier molecular flexibility index (Phi) is 13.4. The summed E-state index contributed by atoms with van der Waals surface area (Å²) in [5, 5.41) is 4.41. The number of ether oxygens (including phenoxy) is 2. The molecule has 0 aliphatic carbocycles. The van der Waals surface area contributed by atoms with Gasteiger partial charge < -0.3 is 20.5 Å². The molecule has 7 nitrogen and oxygen atoms in total. The summed E-state index contributed by atoms with van der Waals surface area (Å²) >= 11 is 15.4. The van der Waals surface area contributed by atoms with Crippen molar-refractivity contribution in [1.29, 1.82) is 0 Å². The van der Waals surface area contributed by atoms with Crippen LogP contribution in [0.5, 0.6) is 0 Å². The van der Waals surface area contributed by atoms with E-state index in [0.717, 1.165) is 36.6 Å². The molecule has 0 saturated heterocycles. The van der Waals surface area contributed by atoms with Gasteiger partial charge in [0.1, 0.15) is 13.2 Å². The molecule has 0 heterocycles. The molecule has 204 valence electrons. The molecule has 0 aliphatic heterocycles. The van der Waals surface area contributed by atoms with Crippen molar-refractivity contribution in [3.05, 3.63) is 86.3 Å². The maximum atomic E-state index is 12.2. The minimum Gasteiger partial charge on any atom is -0.462 e. The highest BCUT2D eigenvalue weighted by atomic mass is 79.9. The van der Waals surface area contributed by atoms with Gasteiger partial charge in [0.05, 0.1) is 27.0 Å². The van der Waals surface area contributed by atoms with Crippen LogP contribution in [0.1, 0.15) is 36.7 Å². The van der Waals surface area contributed by atoms with Gasteiger partial charge in [-0.2, -0.15) is 0 Å². The van der Waals surface area contributed by atoms with E-state index in [1.807, 2.05) is 42.5 Å². The molecular formula is C28H32BrCl2N3O4. The second-order valence-corrected chi connectivity index (χ2v) is 9.73. The first-order valence-corrected chi connectivity index (χ1v) is 13.6. The van der Waals surface area contributed by atoms with Crippen molar-refractivity contribution in [1.82, 2.24) is 4.90 Å². The Morgan fingerprint density at radius 1 is 0.947 bits per heavy atom. The van der Waals surface area contributed by atoms with Gasteiger partial charge >= 0.3 is 11.9 Å². The summed E-state index contributed by atoms with van der Waals surface area (Å²) in [7, 11) is 0. The van der Waals surface area contributed by atoms with Crippen LogP contribution in [-0.2, 0) is 20.8 Å². The number of hydrogen-bond donors (Lipinski definition) is 2. The van der Waals surface area contributed by atoms with Crippen LogP contribution in [0.2, 0.25) is 10.0 Å². The van der Waals surface area contributed by atoms with Crippen molar-refractivity contribution in [2.45, 2.75) is 27.3 Å². The van der Waals surface area contributed by atoms with E-state index in [1.54, 1.807) is 18.2 Å². The van der Waals surface area contributed by atoms with Crippen LogP contribution >= 0.6 is 39.1 Å².